The Kier molecular flexibility index (Phi) is 2.24. The average molecular weight is 205 g/mol. The van der Waals surface area contributed by atoms with E-state index in [9.17, 15) is 4.79 Å². The molecule has 15 heavy (non-hydrogen) atoms. The van der Waals surface area contributed by atoms with E-state index in [1.165, 1.54) is 0 Å². The molecule has 6 nitrogen and oxygen atoms in total. The van der Waals surface area contributed by atoms with Crippen LogP contribution in [0.15, 0.2) is 18.5 Å². The molecule has 6 heteroatoms. The number of aromatic nitrogens is 3. The van der Waals surface area contributed by atoms with Crippen molar-refractivity contribution in [2.24, 2.45) is 5.73 Å². The molecule has 4 N–H and O–H groups in total. The Bertz CT molecular complexity index is 504. The van der Waals surface area contributed by atoms with Crippen LogP contribution in [0, 0.1) is 0 Å². The summed E-state index contributed by atoms with van der Waals surface area (Å²) in [6, 6.07) is 1.81. The Morgan fingerprint density at radius 1 is 1.53 bits per heavy atom. The first kappa shape index (κ1) is 9.45. The van der Waals surface area contributed by atoms with Gasteiger partial charge in [-0.1, -0.05) is 0 Å². The second-order valence-electron chi connectivity index (χ2n) is 3.20. The van der Waals surface area contributed by atoms with E-state index in [0.717, 1.165) is 11.0 Å². The van der Waals surface area contributed by atoms with E-state index >= 15 is 0 Å². The molecule has 2 aromatic heterocycles. The van der Waals surface area contributed by atoms with E-state index < -0.39 is 0 Å². The SMILES string of the molecule is NC(=O)CCn1c(N)nc2cnccc21. The number of pyridine rings is 1. The lowest BCUT2D eigenvalue weighted by molar-refractivity contribution is -0.118. The highest BCUT2D eigenvalue weighted by atomic mass is 16.1. The fourth-order valence-electron chi connectivity index (χ4n) is 1.46. The van der Waals surface area contributed by atoms with Crippen LogP contribution in [0.3, 0.4) is 0 Å². The fraction of sp³-hybridized carbons (Fsp3) is 0.222. The predicted molar refractivity (Wildman–Crippen MR) is 55.8 cm³/mol. The number of carbonyl (C=O) groups is 1. The minimum absolute atomic E-state index is 0.248. The van der Waals surface area contributed by atoms with Gasteiger partial charge in [0.2, 0.25) is 11.9 Å². The lowest BCUT2D eigenvalue weighted by Crippen LogP contribution is -2.14. The molecule has 2 rings (SSSR count). The standard InChI is InChI=1S/C9H11N5O/c10-8(15)2-4-14-7-1-3-12-5-6(7)13-9(14)11/h1,3,5H,2,4H2,(H2,10,15)(H2,11,13). The van der Waals surface area contributed by atoms with Crippen molar-refractivity contribution in [1.82, 2.24) is 14.5 Å². The molecule has 0 aliphatic heterocycles. The van der Waals surface area contributed by atoms with Crippen molar-refractivity contribution < 1.29 is 4.79 Å². The van der Waals surface area contributed by atoms with Crippen LogP contribution in [0.25, 0.3) is 11.0 Å². The van der Waals surface area contributed by atoms with Crippen molar-refractivity contribution in [3.05, 3.63) is 18.5 Å². The second kappa shape index (κ2) is 3.56. The highest BCUT2D eigenvalue weighted by Crippen LogP contribution is 2.16. The van der Waals surface area contributed by atoms with Gasteiger partial charge in [-0.3, -0.25) is 9.78 Å². The first-order chi connectivity index (χ1) is 7.18. The van der Waals surface area contributed by atoms with Crippen LogP contribution < -0.4 is 11.5 Å². The third-order valence-electron chi connectivity index (χ3n) is 2.16. The van der Waals surface area contributed by atoms with Crippen LogP contribution in [0.4, 0.5) is 5.95 Å². The fourth-order valence-corrected chi connectivity index (χ4v) is 1.46. The summed E-state index contributed by atoms with van der Waals surface area (Å²) in [7, 11) is 0. The minimum atomic E-state index is -0.356. The molecule has 2 aromatic rings. The van der Waals surface area contributed by atoms with Crippen molar-refractivity contribution in [3.63, 3.8) is 0 Å². The maximum Gasteiger partial charge on any atom is 0.219 e. The Hall–Kier alpha value is -2.11. The van der Waals surface area contributed by atoms with Crippen LogP contribution in [0.5, 0.6) is 0 Å². The average Bonchev–Trinajstić information content (AvgIpc) is 2.50. The second-order valence-corrected chi connectivity index (χ2v) is 3.20. The van der Waals surface area contributed by atoms with Crippen LogP contribution in [0.2, 0.25) is 0 Å². The summed E-state index contributed by atoms with van der Waals surface area (Å²) in [6.45, 7) is 0.446. The Morgan fingerprint density at radius 3 is 3.07 bits per heavy atom. The summed E-state index contributed by atoms with van der Waals surface area (Å²) >= 11 is 0. The zero-order chi connectivity index (χ0) is 10.8. The Morgan fingerprint density at radius 2 is 2.33 bits per heavy atom. The summed E-state index contributed by atoms with van der Waals surface area (Å²) in [5, 5.41) is 0. The van der Waals surface area contributed by atoms with Crippen LogP contribution in [-0.2, 0) is 11.3 Å². The first-order valence-corrected chi connectivity index (χ1v) is 4.52. The van der Waals surface area contributed by atoms with Gasteiger partial charge in [0.15, 0.2) is 0 Å². The molecule has 0 aliphatic rings. The molecule has 78 valence electrons. The van der Waals surface area contributed by atoms with E-state index in [-0.39, 0.29) is 12.3 Å². The van der Waals surface area contributed by atoms with Gasteiger partial charge >= 0.3 is 0 Å². The molecule has 0 atom stereocenters. The maximum absolute atomic E-state index is 10.7. The van der Waals surface area contributed by atoms with Crippen LogP contribution in [-0.4, -0.2) is 20.4 Å². The van der Waals surface area contributed by atoms with Gasteiger partial charge in [0.1, 0.15) is 5.52 Å². The molecule has 0 aliphatic carbocycles. The summed E-state index contributed by atoms with van der Waals surface area (Å²) in [5.74, 6) is 0.0181. The van der Waals surface area contributed by atoms with E-state index in [0.29, 0.717) is 12.5 Å². The molecule has 0 radical (unpaired) electrons. The van der Waals surface area contributed by atoms with Crippen molar-refractivity contribution in [3.8, 4) is 0 Å². The lowest BCUT2D eigenvalue weighted by atomic mass is 10.3. The van der Waals surface area contributed by atoms with Gasteiger partial charge in [0, 0.05) is 19.2 Å². The third-order valence-corrected chi connectivity index (χ3v) is 2.16. The molecule has 0 saturated heterocycles. The highest BCUT2D eigenvalue weighted by molar-refractivity contribution is 5.78. The summed E-state index contributed by atoms with van der Waals surface area (Å²) in [4.78, 5) is 18.7. The number of carbonyl (C=O) groups excluding carboxylic acids is 1. The van der Waals surface area contributed by atoms with Crippen molar-refractivity contribution in [2.75, 3.05) is 5.73 Å². The number of hydrogen-bond donors (Lipinski definition) is 2. The number of aryl methyl sites for hydroxylation is 1. The number of nitrogens with zero attached hydrogens (tertiary/aromatic N) is 3. The highest BCUT2D eigenvalue weighted by Gasteiger charge is 2.07. The van der Waals surface area contributed by atoms with Gasteiger partial charge in [-0.05, 0) is 6.07 Å². The van der Waals surface area contributed by atoms with E-state index in [4.69, 9.17) is 11.5 Å². The molecular formula is C9H11N5O. The molecule has 0 fully saturated rings. The van der Waals surface area contributed by atoms with Crippen molar-refractivity contribution in [1.29, 1.82) is 0 Å². The monoisotopic (exact) mass is 205 g/mol. The summed E-state index contributed by atoms with van der Waals surface area (Å²) in [6.07, 6.45) is 3.54. The summed E-state index contributed by atoms with van der Waals surface area (Å²) < 4.78 is 1.75. The van der Waals surface area contributed by atoms with Gasteiger partial charge in [0.25, 0.3) is 0 Å². The lowest BCUT2D eigenvalue weighted by Gasteiger charge is -2.03. The number of hydrogen-bond acceptors (Lipinski definition) is 4. The van der Waals surface area contributed by atoms with Crippen molar-refractivity contribution in [2.45, 2.75) is 13.0 Å². The first-order valence-electron chi connectivity index (χ1n) is 4.52. The molecule has 1 amide bonds. The molecule has 0 bridgehead atoms. The molecule has 0 saturated carbocycles. The summed E-state index contributed by atoms with van der Waals surface area (Å²) in [5.41, 5.74) is 12.4. The molecule has 0 unspecified atom stereocenters. The van der Waals surface area contributed by atoms with Crippen LogP contribution >= 0.6 is 0 Å². The van der Waals surface area contributed by atoms with Gasteiger partial charge in [-0.2, -0.15) is 0 Å². The smallest absolute Gasteiger partial charge is 0.219 e. The number of fused-ring (bicyclic) bond motifs is 1. The zero-order valence-electron chi connectivity index (χ0n) is 8.05. The van der Waals surface area contributed by atoms with Gasteiger partial charge in [0.05, 0.1) is 11.7 Å². The number of nitrogen functional groups attached to an aromatic ring is 1. The van der Waals surface area contributed by atoms with E-state index in [1.54, 1.807) is 23.0 Å². The van der Waals surface area contributed by atoms with Crippen LogP contribution in [0.1, 0.15) is 6.42 Å². The number of nitrogens with two attached hydrogens (primary N) is 2. The van der Waals surface area contributed by atoms with E-state index in [1.807, 2.05) is 0 Å². The molecule has 0 spiro atoms. The number of primary amides is 1. The largest absolute Gasteiger partial charge is 0.370 e. The van der Waals surface area contributed by atoms with Gasteiger partial charge in [-0.25, -0.2) is 4.98 Å². The van der Waals surface area contributed by atoms with Gasteiger partial charge < -0.3 is 16.0 Å². The third kappa shape index (κ3) is 1.74. The topological polar surface area (TPSA) is 99.8 Å². The Balaban J connectivity index is 2.40. The maximum atomic E-state index is 10.7. The molecular weight excluding hydrogens is 194 g/mol. The Labute approximate surface area is 85.9 Å². The van der Waals surface area contributed by atoms with Crippen molar-refractivity contribution >= 4 is 22.9 Å². The number of imidazole rings is 1. The number of rotatable bonds is 3. The zero-order valence-corrected chi connectivity index (χ0v) is 8.05. The van der Waals surface area contributed by atoms with Gasteiger partial charge in [-0.15, -0.1) is 0 Å². The predicted octanol–water partition coefficient (Wildman–Crippen LogP) is -0.111. The normalized spacial score (nSPS) is 10.7. The number of amides is 1. The number of anilines is 1. The minimum Gasteiger partial charge on any atom is -0.370 e. The van der Waals surface area contributed by atoms with E-state index in [2.05, 4.69) is 9.97 Å². The molecule has 2 heterocycles. The quantitative estimate of drug-likeness (QED) is 0.730. The molecule has 0 aromatic carbocycles.